The van der Waals surface area contributed by atoms with E-state index in [1.165, 1.54) is 6.07 Å². The molecule has 0 aliphatic heterocycles. The molecule has 1 aromatic rings. The molecule has 0 atom stereocenters. The van der Waals surface area contributed by atoms with Crippen LogP contribution in [0.5, 0.6) is 0 Å². The summed E-state index contributed by atoms with van der Waals surface area (Å²) in [6.45, 7) is 4.16. The summed E-state index contributed by atoms with van der Waals surface area (Å²) >= 11 is 0. The van der Waals surface area contributed by atoms with Crippen LogP contribution in [0, 0.1) is 5.82 Å². The first kappa shape index (κ1) is 14.4. The number of nitrogens with zero attached hydrogens (tertiary/aromatic N) is 1. The lowest BCUT2D eigenvalue weighted by atomic mass is 10.2. The summed E-state index contributed by atoms with van der Waals surface area (Å²) in [4.78, 5) is 13.3. The number of rotatable bonds is 5. The number of benzene rings is 1. The summed E-state index contributed by atoms with van der Waals surface area (Å²) < 4.78 is 13.6. The third kappa shape index (κ3) is 4.00. The van der Waals surface area contributed by atoms with Crippen LogP contribution in [-0.2, 0) is 11.3 Å². The number of carbonyl (C=O) groups is 1. The molecule has 0 saturated carbocycles. The Bertz CT molecular complexity index is 421. The van der Waals surface area contributed by atoms with Crippen molar-refractivity contribution in [1.29, 1.82) is 0 Å². The van der Waals surface area contributed by atoms with Gasteiger partial charge in [0.1, 0.15) is 5.82 Å². The van der Waals surface area contributed by atoms with E-state index < -0.39 is 0 Å². The zero-order valence-electron chi connectivity index (χ0n) is 11.0. The minimum absolute atomic E-state index is 0.0872. The van der Waals surface area contributed by atoms with Gasteiger partial charge in [-0.3, -0.25) is 4.79 Å². The molecule has 5 heteroatoms. The number of nitrogens with two attached hydrogens (primary N) is 1. The Kier molecular flexibility index (Phi) is 5.09. The fraction of sp³-hybridized carbons (Fsp3) is 0.462. The Morgan fingerprint density at radius 3 is 2.67 bits per heavy atom. The molecule has 1 rings (SSSR count). The number of hydrogen-bond donors (Lipinski definition) is 2. The molecule has 0 radical (unpaired) electrons. The van der Waals surface area contributed by atoms with Gasteiger partial charge >= 0.3 is 0 Å². The van der Waals surface area contributed by atoms with Gasteiger partial charge in [-0.25, -0.2) is 4.39 Å². The van der Waals surface area contributed by atoms with Crippen LogP contribution in [0.2, 0.25) is 0 Å². The monoisotopic (exact) mass is 253 g/mol. The minimum atomic E-state index is -0.342. The highest BCUT2D eigenvalue weighted by molar-refractivity contribution is 5.81. The molecule has 0 heterocycles. The van der Waals surface area contributed by atoms with Crippen LogP contribution in [0.3, 0.4) is 0 Å². The average molecular weight is 253 g/mol. The topological polar surface area (TPSA) is 58.4 Å². The molecule has 0 aromatic heterocycles. The fourth-order valence-electron chi connectivity index (χ4n) is 1.61. The first-order valence-electron chi connectivity index (χ1n) is 5.93. The first-order chi connectivity index (χ1) is 8.43. The van der Waals surface area contributed by atoms with Crippen molar-refractivity contribution in [2.45, 2.75) is 26.4 Å². The van der Waals surface area contributed by atoms with Crippen LogP contribution in [0.4, 0.5) is 10.1 Å². The molecule has 100 valence electrons. The Balaban J connectivity index is 2.69. The van der Waals surface area contributed by atoms with Gasteiger partial charge in [0.25, 0.3) is 0 Å². The van der Waals surface area contributed by atoms with Crippen LogP contribution in [0.25, 0.3) is 0 Å². The van der Waals surface area contributed by atoms with E-state index >= 15 is 0 Å². The lowest BCUT2D eigenvalue weighted by Crippen LogP contribution is -2.38. The van der Waals surface area contributed by atoms with Crippen LogP contribution in [0.1, 0.15) is 19.4 Å². The van der Waals surface area contributed by atoms with Crippen molar-refractivity contribution in [3.05, 3.63) is 29.6 Å². The quantitative estimate of drug-likeness (QED) is 0.830. The second-order valence-electron chi connectivity index (χ2n) is 4.56. The van der Waals surface area contributed by atoms with E-state index in [0.717, 1.165) is 0 Å². The number of anilines is 1. The van der Waals surface area contributed by atoms with Crippen molar-refractivity contribution in [1.82, 2.24) is 5.32 Å². The summed E-state index contributed by atoms with van der Waals surface area (Å²) in [6, 6.07) is 4.89. The number of halogens is 1. The molecule has 4 nitrogen and oxygen atoms in total. The van der Waals surface area contributed by atoms with Gasteiger partial charge in [-0.05, 0) is 26.0 Å². The minimum Gasteiger partial charge on any atom is -0.365 e. The molecule has 18 heavy (non-hydrogen) atoms. The first-order valence-corrected chi connectivity index (χ1v) is 5.93. The van der Waals surface area contributed by atoms with Gasteiger partial charge in [-0.1, -0.05) is 6.07 Å². The summed E-state index contributed by atoms with van der Waals surface area (Å²) in [5, 5.41) is 2.79. The second-order valence-corrected chi connectivity index (χ2v) is 4.56. The number of amides is 1. The van der Waals surface area contributed by atoms with Crippen LogP contribution >= 0.6 is 0 Å². The maximum Gasteiger partial charge on any atom is 0.239 e. The Morgan fingerprint density at radius 2 is 2.17 bits per heavy atom. The maximum atomic E-state index is 13.6. The molecular formula is C13H20FN3O. The molecule has 1 aromatic carbocycles. The normalized spacial score (nSPS) is 10.6. The average Bonchev–Trinajstić information content (AvgIpc) is 2.27. The van der Waals surface area contributed by atoms with Crippen molar-refractivity contribution in [2.24, 2.45) is 5.73 Å². The van der Waals surface area contributed by atoms with Crippen molar-refractivity contribution in [3.8, 4) is 0 Å². The highest BCUT2D eigenvalue weighted by atomic mass is 19.1. The third-order valence-electron chi connectivity index (χ3n) is 2.53. The summed E-state index contributed by atoms with van der Waals surface area (Å²) in [5.41, 5.74) is 6.52. The van der Waals surface area contributed by atoms with Crippen LogP contribution in [-0.4, -0.2) is 25.5 Å². The van der Waals surface area contributed by atoms with Gasteiger partial charge in [-0.2, -0.15) is 0 Å². The summed E-state index contributed by atoms with van der Waals surface area (Å²) in [5.74, 6) is -0.429. The molecule has 0 aliphatic carbocycles. The Labute approximate surface area is 107 Å². The standard InChI is InChI=1S/C13H20FN3O/c1-9(2)16-13(18)8-17(3)11-5-4-10(7-15)12(14)6-11/h4-6,9H,7-8,15H2,1-3H3,(H,16,18). The van der Waals surface area contributed by atoms with Gasteiger partial charge in [0, 0.05) is 30.9 Å². The van der Waals surface area contributed by atoms with Crippen molar-refractivity contribution >= 4 is 11.6 Å². The molecule has 0 aliphatic rings. The van der Waals surface area contributed by atoms with Crippen molar-refractivity contribution in [2.75, 3.05) is 18.5 Å². The molecule has 3 N–H and O–H groups in total. The van der Waals surface area contributed by atoms with Gasteiger partial charge in [0.2, 0.25) is 5.91 Å². The molecule has 0 spiro atoms. The van der Waals surface area contributed by atoms with Crippen LogP contribution < -0.4 is 16.0 Å². The second kappa shape index (κ2) is 6.35. The SMILES string of the molecule is CC(C)NC(=O)CN(C)c1ccc(CN)c(F)c1. The van der Waals surface area contributed by atoms with Crippen molar-refractivity contribution < 1.29 is 9.18 Å². The van der Waals surface area contributed by atoms with E-state index in [9.17, 15) is 9.18 Å². The van der Waals surface area contributed by atoms with E-state index in [1.807, 2.05) is 13.8 Å². The van der Waals surface area contributed by atoms with Gasteiger partial charge in [-0.15, -0.1) is 0 Å². The maximum absolute atomic E-state index is 13.6. The fourth-order valence-corrected chi connectivity index (χ4v) is 1.61. The molecular weight excluding hydrogens is 233 g/mol. The van der Waals surface area contributed by atoms with Crippen molar-refractivity contribution in [3.63, 3.8) is 0 Å². The number of carbonyl (C=O) groups excluding carboxylic acids is 1. The largest absolute Gasteiger partial charge is 0.365 e. The number of likely N-dealkylation sites (N-methyl/N-ethyl adjacent to an activating group) is 1. The predicted octanol–water partition coefficient (Wildman–Crippen LogP) is 1.25. The predicted molar refractivity (Wildman–Crippen MR) is 70.8 cm³/mol. The van der Waals surface area contributed by atoms with E-state index in [1.54, 1.807) is 24.1 Å². The van der Waals surface area contributed by atoms with Gasteiger partial charge in [0.15, 0.2) is 0 Å². The van der Waals surface area contributed by atoms with E-state index in [0.29, 0.717) is 11.3 Å². The third-order valence-corrected chi connectivity index (χ3v) is 2.53. The zero-order chi connectivity index (χ0) is 13.7. The van der Waals surface area contributed by atoms with Crippen LogP contribution in [0.15, 0.2) is 18.2 Å². The summed E-state index contributed by atoms with van der Waals surface area (Å²) in [6.07, 6.45) is 0. The molecule has 0 saturated heterocycles. The molecule has 1 amide bonds. The Morgan fingerprint density at radius 1 is 1.50 bits per heavy atom. The lowest BCUT2D eigenvalue weighted by Gasteiger charge is -2.20. The van der Waals surface area contributed by atoms with Gasteiger partial charge < -0.3 is 16.0 Å². The number of nitrogens with one attached hydrogen (secondary N) is 1. The smallest absolute Gasteiger partial charge is 0.239 e. The highest BCUT2D eigenvalue weighted by Gasteiger charge is 2.10. The van der Waals surface area contributed by atoms with E-state index in [4.69, 9.17) is 5.73 Å². The zero-order valence-corrected chi connectivity index (χ0v) is 11.0. The lowest BCUT2D eigenvalue weighted by molar-refractivity contribution is -0.120. The molecule has 0 fully saturated rings. The van der Waals surface area contributed by atoms with E-state index in [-0.39, 0.29) is 30.9 Å². The summed E-state index contributed by atoms with van der Waals surface area (Å²) in [7, 11) is 1.75. The van der Waals surface area contributed by atoms with Gasteiger partial charge in [0.05, 0.1) is 6.54 Å². The molecule has 0 bridgehead atoms. The number of hydrogen-bond acceptors (Lipinski definition) is 3. The van der Waals surface area contributed by atoms with E-state index in [2.05, 4.69) is 5.32 Å². The highest BCUT2D eigenvalue weighted by Crippen LogP contribution is 2.17. The Hall–Kier alpha value is -1.62. The molecule has 0 unspecified atom stereocenters.